The Kier molecular flexibility index (Phi) is 4.45. The summed E-state index contributed by atoms with van der Waals surface area (Å²) in [6.07, 6.45) is 1.79. The van der Waals surface area contributed by atoms with Gasteiger partial charge < -0.3 is 9.80 Å². The molecule has 0 radical (unpaired) electrons. The van der Waals surface area contributed by atoms with E-state index in [0.29, 0.717) is 0 Å². The van der Waals surface area contributed by atoms with Crippen LogP contribution in [0.25, 0.3) is 0 Å². The van der Waals surface area contributed by atoms with Crippen LogP contribution in [-0.4, -0.2) is 58.7 Å². The van der Waals surface area contributed by atoms with Gasteiger partial charge in [0, 0.05) is 30.2 Å². The first-order valence-electron chi connectivity index (χ1n) is 7.66. The second-order valence-electron chi connectivity index (χ2n) is 6.07. The number of amides is 4. The maximum atomic E-state index is 13.8. The number of benzene rings is 1. The van der Waals surface area contributed by atoms with Crippen LogP contribution in [0.4, 0.5) is 9.18 Å². The molecule has 2 fully saturated rings. The predicted octanol–water partition coefficient (Wildman–Crippen LogP) is 1.86. The lowest BCUT2D eigenvalue weighted by atomic mass is 10.2. The van der Waals surface area contributed by atoms with Gasteiger partial charge in [0.25, 0.3) is 5.91 Å². The number of halogens is 2. The third-order valence-corrected chi connectivity index (χ3v) is 4.60. The minimum atomic E-state index is -0.504. The number of hydrogen-bond acceptors (Lipinski definition) is 3. The number of urea groups is 1. The van der Waals surface area contributed by atoms with Gasteiger partial charge in [0.15, 0.2) is 0 Å². The highest BCUT2D eigenvalue weighted by Gasteiger charge is 2.44. The van der Waals surface area contributed by atoms with E-state index in [-0.39, 0.29) is 42.2 Å². The van der Waals surface area contributed by atoms with Gasteiger partial charge in [-0.05, 0) is 25.0 Å². The van der Waals surface area contributed by atoms with E-state index in [0.717, 1.165) is 17.7 Å². The molecule has 1 aromatic rings. The quantitative estimate of drug-likeness (QED) is 0.759. The van der Waals surface area contributed by atoms with Crippen LogP contribution < -0.4 is 0 Å². The smallest absolute Gasteiger partial charge is 0.327 e. The van der Waals surface area contributed by atoms with Crippen LogP contribution >= 0.6 is 11.6 Å². The molecule has 0 atom stereocenters. The lowest BCUT2D eigenvalue weighted by molar-refractivity contribution is -0.136. The van der Waals surface area contributed by atoms with Crippen LogP contribution in [0.15, 0.2) is 18.2 Å². The first-order chi connectivity index (χ1) is 11.4. The number of rotatable bonds is 5. The van der Waals surface area contributed by atoms with Crippen molar-refractivity contribution in [2.24, 2.45) is 0 Å². The first-order valence-corrected chi connectivity index (χ1v) is 8.04. The molecule has 1 saturated carbocycles. The molecule has 2 aliphatic rings. The average molecular weight is 354 g/mol. The summed E-state index contributed by atoms with van der Waals surface area (Å²) < 4.78 is 13.8. The Morgan fingerprint density at radius 2 is 2.08 bits per heavy atom. The van der Waals surface area contributed by atoms with Crippen LogP contribution in [0.2, 0.25) is 5.02 Å². The van der Waals surface area contributed by atoms with Crippen LogP contribution in [0.3, 0.4) is 0 Å². The van der Waals surface area contributed by atoms with Gasteiger partial charge in [-0.2, -0.15) is 0 Å². The molecule has 6 nitrogen and oxygen atoms in total. The van der Waals surface area contributed by atoms with Crippen LogP contribution in [0, 0.1) is 5.82 Å². The molecule has 1 aromatic carbocycles. The second-order valence-corrected chi connectivity index (χ2v) is 6.48. The van der Waals surface area contributed by atoms with Gasteiger partial charge in [-0.25, -0.2) is 9.18 Å². The number of hydrogen-bond donors (Lipinski definition) is 0. The van der Waals surface area contributed by atoms with Crippen molar-refractivity contribution in [2.75, 3.05) is 20.1 Å². The van der Waals surface area contributed by atoms with Crippen molar-refractivity contribution < 1.29 is 18.8 Å². The highest BCUT2D eigenvalue weighted by molar-refractivity contribution is 6.31. The Morgan fingerprint density at radius 3 is 2.71 bits per heavy atom. The molecule has 1 heterocycles. The van der Waals surface area contributed by atoms with Crippen molar-refractivity contribution in [1.29, 1.82) is 0 Å². The standard InChI is InChI=1S/C16H17ClFN3O3/c1-19(7-11-12(17)3-2-4-13(11)18)14(22)8-21-15(23)9-20(16(21)24)10-5-6-10/h2-4,10H,5-9H2,1H3. The molecular weight excluding hydrogens is 337 g/mol. The number of imide groups is 1. The fourth-order valence-electron chi connectivity index (χ4n) is 2.65. The van der Waals surface area contributed by atoms with E-state index < -0.39 is 17.8 Å². The average Bonchev–Trinajstić information content (AvgIpc) is 3.33. The maximum Gasteiger partial charge on any atom is 0.327 e. The molecule has 8 heteroatoms. The van der Waals surface area contributed by atoms with Gasteiger partial charge in [0.05, 0.1) is 0 Å². The summed E-state index contributed by atoms with van der Waals surface area (Å²) in [6.45, 7) is -0.351. The maximum absolute atomic E-state index is 13.8. The summed E-state index contributed by atoms with van der Waals surface area (Å²) in [4.78, 5) is 40.2. The van der Waals surface area contributed by atoms with Crippen molar-refractivity contribution in [3.63, 3.8) is 0 Å². The largest absolute Gasteiger partial charge is 0.340 e. The van der Waals surface area contributed by atoms with Crippen molar-refractivity contribution in [2.45, 2.75) is 25.4 Å². The molecule has 4 amide bonds. The zero-order chi connectivity index (χ0) is 17.4. The lowest BCUT2D eigenvalue weighted by Crippen LogP contribution is -2.42. The predicted molar refractivity (Wildman–Crippen MR) is 84.7 cm³/mol. The first kappa shape index (κ1) is 16.7. The second kappa shape index (κ2) is 6.39. The molecule has 24 heavy (non-hydrogen) atoms. The fourth-order valence-corrected chi connectivity index (χ4v) is 2.88. The van der Waals surface area contributed by atoms with E-state index in [1.54, 1.807) is 6.07 Å². The number of likely N-dealkylation sites (N-methyl/N-ethyl adjacent to an activating group) is 1. The highest BCUT2D eigenvalue weighted by atomic mass is 35.5. The van der Waals surface area contributed by atoms with Gasteiger partial charge in [0.1, 0.15) is 18.9 Å². The number of carbonyl (C=O) groups excluding carboxylic acids is 3. The van der Waals surface area contributed by atoms with E-state index in [1.165, 1.54) is 29.0 Å². The zero-order valence-corrected chi connectivity index (χ0v) is 13.9. The molecule has 0 spiro atoms. The minimum Gasteiger partial charge on any atom is -0.340 e. The van der Waals surface area contributed by atoms with Crippen molar-refractivity contribution >= 4 is 29.4 Å². The van der Waals surface area contributed by atoms with Gasteiger partial charge in [0.2, 0.25) is 5.91 Å². The van der Waals surface area contributed by atoms with E-state index >= 15 is 0 Å². The van der Waals surface area contributed by atoms with Gasteiger partial charge in [-0.15, -0.1) is 0 Å². The number of nitrogens with zero attached hydrogens (tertiary/aromatic N) is 3. The summed E-state index contributed by atoms with van der Waals surface area (Å²) >= 11 is 5.95. The summed E-state index contributed by atoms with van der Waals surface area (Å²) in [5.74, 6) is -1.33. The van der Waals surface area contributed by atoms with Gasteiger partial charge in [-0.3, -0.25) is 14.5 Å². The van der Waals surface area contributed by atoms with Gasteiger partial charge in [-0.1, -0.05) is 17.7 Å². The van der Waals surface area contributed by atoms with E-state index in [9.17, 15) is 18.8 Å². The van der Waals surface area contributed by atoms with Crippen molar-refractivity contribution in [3.05, 3.63) is 34.6 Å². The minimum absolute atomic E-state index is 0.0274. The summed E-state index contributed by atoms with van der Waals surface area (Å²) in [5.41, 5.74) is 0.202. The summed E-state index contributed by atoms with van der Waals surface area (Å²) in [7, 11) is 1.48. The molecule has 0 N–H and O–H groups in total. The Labute approximate surface area is 143 Å². The summed E-state index contributed by atoms with van der Waals surface area (Å²) in [6, 6.07) is 3.99. The Balaban J connectivity index is 1.64. The normalized spacial score (nSPS) is 17.6. The monoisotopic (exact) mass is 353 g/mol. The van der Waals surface area contributed by atoms with Crippen LogP contribution in [0.1, 0.15) is 18.4 Å². The third-order valence-electron chi connectivity index (χ3n) is 4.25. The highest BCUT2D eigenvalue weighted by Crippen LogP contribution is 2.30. The molecule has 0 unspecified atom stereocenters. The van der Waals surface area contributed by atoms with E-state index in [4.69, 9.17) is 11.6 Å². The fraction of sp³-hybridized carbons (Fsp3) is 0.438. The van der Waals surface area contributed by atoms with Crippen molar-refractivity contribution in [3.8, 4) is 0 Å². The zero-order valence-electron chi connectivity index (χ0n) is 13.2. The summed E-state index contributed by atoms with van der Waals surface area (Å²) in [5, 5.41) is 0.225. The molecule has 1 aliphatic heterocycles. The van der Waals surface area contributed by atoms with Crippen LogP contribution in [-0.2, 0) is 16.1 Å². The SMILES string of the molecule is CN(Cc1c(F)cccc1Cl)C(=O)CN1C(=O)CN(C2CC2)C1=O. The van der Waals surface area contributed by atoms with Crippen molar-refractivity contribution in [1.82, 2.24) is 14.7 Å². The van der Waals surface area contributed by atoms with E-state index in [1.807, 2.05) is 0 Å². The molecule has 0 bridgehead atoms. The molecular formula is C16H17ClFN3O3. The molecule has 128 valence electrons. The topological polar surface area (TPSA) is 60.9 Å². The Morgan fingerprint density at radius 1 is 1.38 bits per heavy atom. The van der Waals surface area contributed by atoms with Crippen LogP contribution in [0.5, 0.6) is 0 Å². The van der Waals surface area contributed by atoms with Gasteiger partial charge >= 0.3 is 6.03 Å². The molecule has 1 saturated heterocycles. The molecule has 3 rings (SSSR count). The van der Waals surface area contributed by atoms with E-state index in [2.05, 4.69) is 0 Å². The Hall–Kier alpha value is -2.15. The molecule has 1 aliphatic carbocycles. The Bertz CT molecular complexity index is 688. The lowest BCUT2D eigenvalue weighted by Gasteiger charge is -2.21. The number of carbonyl (C=O) groups is 3. The molecule has 0 aromatic heterocycles. The third kappa shape index (κ3) is 3.21.